The predicted molar refractivity (Wildman–Crippen MR) is 71.3 cm³/mol. The Hall–Kier alpha value is -1.61. The van der Waals surface area contributed by atoms with E-state index < -0.39 is 0 Å². The molecule has 0 saturated heterocycles. The molecule has 3 nitrogen and oxygen atoms in total. The number of carbonyl (C=O) groups excluding carboxylic acids is 1. The summed E-state index contributed by atoms with van der Waals surface area (Å²) in [5, 5.41) is 9.36. The third kappa shape index (κ3) is 5.15. The molecule has 0 heterocycles. The lowest BCUT2D eigenvalue weighted by Gasteiger charge is -2.12. The zero-order valence-electron chi connectivity index (χ0n) is 10.7. The van der Waals surface area contributed by atoms with E-state index in [-0.39, 0.29) is 18.5 Å². The first-order valence-corrected chi connectivity index (χ1v) is 6.27. The molecule has 0 aliphatic carbocycles. The van der Waals surface area contributed by atoms with Crippen molar-refractivity contribution in [2.75, 3.05) is 13.2 Å². The monoisotopic (exact) mass is 248 g/mol. The van der Waals surface area contributed by atoms with Crippen LogP contribution in [-0.2, 0) is 9.53 Å². The van der Waals surface area contributed by atoms with Crippen LogP contribution in [0.25, 0.3) is 0 Å². The highest BCUT2D eigenvalue weighted by molar-refractivity contribution is 5.81. The normalized spacial score (nSPS) is 12.6. The van der Waals surface area contributed by atoms with E-state index in [0.717, 1.165) is 18.4 Å². The lowest BCUT2D eigenvalue weighted by atomic mass is 9.95. The Kier molecular flexibility index (Phi) is 6.81. The summed E-state index contributed by atoms with van der Waals surface area (Å²) < 4.78 is 4.78. The molecule has 0 bridgehead atoms. The molecule has 1 aromatic carbocycles. The molecular weight excluding hydrogens is 228 g/mol. The SMILES string of the molecule is CCOC(=O)/C=C/CCC(CO)c1ccccc1. The first kappa shape index (κ1) is 14.5. The molecule has 1 aromatic rings. The number of rotatable bonds is 7. The number of hydrogen-bond donors (Lipinski definition) is 1. The Morgan fingerprint density at radius 1 is 1.39 bits per heavy atom. The number of carbonyl (C=O) groups is 1. The van der Waals surface area contributed by atoms with Crippen molar-refractivity contribution in [3.8, 4) is 0 Å². The second-order valence-corrected chi connectivity index (χ2v) is 4.02. The molecule has 1 unspecified atom stereocenters. The molecule has 0 fully saturated rings. The zero-order valence-corrected chi connectivity index (χ0v) is 10.7. The lowest BCUT2D eigenvalue weighted by molar-refractivity contribution is -0.137. The average Bonchev–Trinajstić information content (AvgIpc) is 2.40. The van der Waals surface area contributed by atoms with Gasteiger partial charge in [-0.05, 0) is 25.3 Å². The summed E-state index contributed by atoms with van der Waals surface area (Å²) in [6.07, 6.45) is 4.81. The van der Waals surface area contributed by atoms with Crippen LogP contribution in [0.3, 0.4) is 0 Å². The van der Waals surface area contributed by atoms with Crippen molar-refractivity contribution in [1.29, 1.82) is 0 Å². The van der Waals surface area contributed by atoms with Crippen molar-refractivity contribution >= 4 is 5.97 Å². The van der Waals surface area contributed by atoms with Crippen LogP contribution < -0.4 is 0 Å². The average molecular weight is 248 g/mol. The lowest BCUT2D eigenvalue weighted by Crippen LogP contribution is -2.03. The first-order valence-electron chi connectivity index (χ1n) is 6.27. The zero-order chi connectivity index (χ0) is 13.2. The van der Waals surface area contributed by atoms with Crippen molar-refractivity contribution in [2.24, 2.45) is 0 Å². The molecule has 0 spiro atoms. The Balaban J connectivity index is 2.39. The van der Waals surface area contributed by atoms with Crippen LogP contribution in [0, 0.1) is 0 Å². The van der Waals surface area contributed by atoms with E-state index in [2.05, 4.69) is 0 Å². The van der Waals surface area contributed by atoms with Crippen molar-refractivity contribution in [1.82, 2.24) is 0 Å². The number of aliphatic hydroxyl groups excluding tert-OH is 1. The van der Waals surface area contributed by atoms with Crippen molar-refractivity contribution < 1.29 is 14.6 Å². The first-order chi connectivity index (χ1) is 8.77. The number of aliphatic hydroxyl groups is 1. The Bertz CT molecular complexity index is 371. The Morgan fingerprint density at radius 2 is 2.11 bits per heavy atom. The van der Waals surface area contributed by atoms with Crippen LogP contribution in [-0.4, -0.2) is 24.3 Å². The van der Waals surface area contributed by atoms with Gasteiger partial charge in [0.05, 0.1) is 6.61 Å². The van der Waals surface area contributed by atoms with E-state index in [1.165, 1.54) is 6.08 Å². The van der Waals surface area contributed by atoms with Gasteiger partial charge in [-0.15, -0.1) is 0 Å². The molecule has 1 atom stereocenters. The highest BCUT2D eigenvalue weighted by atomic mass is 16.5. The molecule has 0 aliphatic rings. The van der Waals surface area contributed by atoms with Crippen LogP contribution >= 0.6 is 0 Å². The van der Waals surface area contributed by atoms with Gasteiger partial charge >= 0.3 is 5.97 Å². The van der Waals surface area contributed by atoms with E-state index in [1.54, 1.807) is 13.0 Å². The van der Waals surface area contributed by atoms with E-state index in [1.807, 2.05) is 30.3 Å². The van der Waals surface area contributed by atoms with E-state index in [0.29, 0.717) is 6.61 Å². The van der Waals surface area contributed by atoms with Crippen LogP contribution in [0.5, 0.6) is 0 Å². The molecule has 3 heteroatoms. The van der Waals surface area contributed by atoms with Crippen LogP contribution in [0.2, 0.25) is 0 Å². The summed E-state index contributed by atoms with van der Waals surface area (Å²) in [6, 6.07) is 9.91. The van der Waals surface area contributed by atoms with Gasteiger partial charge in [-0.25, -0.2) is 4.79 Å². The minimum atomic E-state index is -0.308. The van der Waals surface area contributed by atoms with Crippen LogP contribution in [0.4, 0.5) is 0 Å². The molecule has 18 heavy (non-hydrogen) atoms. The molecule has 0 radical (unpaired) electrons. The Labute approximate surface area is 108 Å². The standard InChI is InChI=1S/C15H20O3/c1-2-18-15(17)11-7-6-10-14(12-16)13-8-4-3-5-9-13/h3-5,7-9,11,14,16H,2,6,10,12H2,1H3/b11-7+. The van der Waals surface area contributed by atoms with Gasteiger partial charge < -0.3 is 9.84 Å². The maximum absolute atomic E-state index is 11.1. The quantitative estimate of drug-likeness (QED) is 0.596. The third-order valence-electron chi connectivity index (χ3n) is 2.71. The Morgan fingerprint density at radius 3 is 2.72 bits per heavy atom. The van der Waals surface area contributed by atoms with Gasteiger partial charge in [-0.1, -0.05) is 36.4 Å². The molecule has 0 saturated carbocycles. The molecule has 1 N–H and O–H groups in total. The number of benzene rings is 1. The van der Waals surface area contributed by atoms with Crippen LogP contribution in [0.15, 0.2) is 42.5 Å². The number of hydrogen-bond acceptors (Lipinski definition) is 3. The van der Waals surface area contributed by atoms with Crippen LogP contribution in [0.1, 0.15) is 31.2 Å². The van der Waals surface area contributed by atoms with Gasteiger partial charge in [0.25, 0.3) is 0 Å². The highest BCUT2D eigenvalue weighted by Gasteiger charge is 2.08. The van der Waals surface area contributed by atoms with Crippen molar-refractivity contribution in [3.63, 3.8) is 0 Å². The number of esters is 1. The molecular formula is C15H20O3. The van der Waals surface area contributed by atoms with Gasteiger partial charge in [0.1, 0.15) is 0 Å². The molecule has 0 amide bonds. The van der Waals surface area contributed by atoms with Crippen molar-refractivity contribution in [2.45, 2.75) is 25.7 Å². The van der Waals surface area contributed by atoms with Gasteiger partial charge in [-0.3, -0.25) is 0 Å². The largest absolute Gasteiger partial charge is 0.463 e. The number of allylic oxidation sites excluding steroid dienone is 1. The smallest absolute Gasteiger partial charge is 0.330 e. The maximum atomic E-state index is 11.1. The topological polar surface area (TPSA) is 46.5 Å². The summed E-state index contributed by atoms with van der Waals surface area (Å²) in [5.41, 5.74) is 1.13. The minimum absolute atomic E-state index is 0.122. The van der Waals surface area contributed by atoms with Gasteiger partial charge in [0, 0.05) is 18.6 Å². The summed E-state index contributed by atoms with van der Waals surface area (Å²) in [5.74, 6) is -0.184. The van der Waals surface area contributed by atoms with E-state index >= 15 is 0 Å². The third-order valence-corrected chi connectivity index (χ3v) is 2.71. The molecule has 98 valence electrons. The summed E-state index contributed by atoms with van der Waals surface area (Å²) in [7, 11) is 0. The van der Waals surface area contributed by atoms with Gasteiger partial charge in [0.2, 0.25) is 0 Å². The molecule has 0 aliphatic heterocycles. The summed E-state index contributed by atoms with van der Waals surface area (Å²) >= 11 is 0. The van der Waals surface area contributed by atoms with E-state index in [9.17, 15) is 9.90 Å². The fourth-order valence-corrected chi connectivity index (χ4v) is 1.76. The fraction of sp³-hybridized carbons (Fsp3) is 0.400. The van der Waals surface area contributed by atoms with Gasteiger partial charge in [-0.2, -0.15) is 0 Å². The predicted octanol–water partition coefficient (Wildman–Crippen LogP) is 2.66. The molecule has 0 aromatic heterocycles. The maximum Gasteiger partial charge on any atom is 0.330 e. The van der Waals surface area contributed by atoms with E-state index in [4.69, 9.17) is 4.74 Å². The van der Waals surface area contributed by atoms with Crippen molar-refractivity contribution in [3.05, 3.63) is 48.0 Å². The fourth-order valence-electron chi connectivity index (χ4n) is 1.76. The second kappa shape index (κ2) is 8.48. The summed E-state index contributed by atoms with van der Waals surface area (Å²) in [4.78, 5) is 11.1. The second-order valence-electron chi connectivity index (χ2n) is 4.02. The minimum Gasteiger partial charge on any atom is -0.463 e. The number of ether oxygens (including phenoxy) is 1. The highest BCUT2D eigenvalue weighted by Crippen LogP contribution is 2.20. The summed E-state index contributed by atoms with van der Waals surface area (Å²) in [6.45, 7) is 2.30. The molecule has 1 rings (SSSR count). The van der Waals surface area contributed by atoms with Gasteiger partial charge in [0.15, 0.2) is 0 Å².